The number of rotatable bonds is 7. The van der Waals surface area contributed by atoms with E-state index >= 15 is 0 Å². The summed E-state index contributed by atoms with van der Waals surface area (Å²) >= 11 is 0. The summed E-state index contributed by atoms with van der Waals surface area (Å²) in [5.74, 6) is -0.430. The molecule has 3 N–H and O–H groups in total. The van der Waals surface area contributed by atoms with Gasteiger partial charge < -0.3 is 15.4 Å². The zero-order valence-electron chi connectivity index (χ0n) is 11.0. The minimum absolute atomic E-state index is 0.387. The van der Waals surface area contributed by atoms with Gasteiger partial charge in [-0.2, -0.15) is 0 Å². The first-order chi connectivity index (χ1) is 7.97. The van der Waals surface area contributed by atoms with Crippen molar-refractivity contribution >= 4 is 11.9 Å². The van der Waals surface area contributed by atoms with Crippen LogP contribution in [-0.4, -0.2) is 43.8 Å². The van der Waals surface area contributed by atoms with E-state index in [0.29, 0.717) is 25.7 Å². The van der Waals surface area contributed by atoms with Crippen molar-refractivity contribution in [2.75, 3.05) is 19.7 Å². The Labute approximate surface area is 102 Å². The fourth-order valence-corrected chi connectivity index (χ4v) is 1.08. The lowest BCUT2D eigenvalue weighted by Crippen LogP contribution is -2.44. The van der Waals surface area contributed by atoms with Crippen LogP contribution in [0.4, 0.5) is 4.79 Å². The molecule has 0 aromatic heterocycles. The van der Waals surface area contributed by atoms with Crippen LogP contribution in [0, 0.1) is 0 Å². The lowest BCUT2D eigenvalue weighted by molar-refractivity contribution is -0.130. The molecule has 6 heteroatoms. The molecular weight excluding hydrogens is 222 g/mol. The summed E-state index contributed by atoms with van der Waals surface area (Å²) in [6.07, 6.45) is -0.633. The van der Waals surface area contributed by atoms with Crippen LogP contribution >= 0.6 is 0 Å². The second-order valence-electron chi connectivity index (χ2n) is 3.97. The highest BCUT2D eigenvalue weighted by atomic mass is 16.5. The van der Waals surface area contributed by atoms with E-state index in [9.17, 15) is 9.59 Å². The molecule has 0 aromatic carbocycles. The molecule has 0 saturated heterocycles. The molecular formula is C11H23N3O3. The third kappa shape index (κ3) is 8.65. The summed E-state index contributed by atoms with van der Waals surface area (Å²) in [6, 6.07) is -0.105. The van der Waals surface area contributed by atoms with Gasteiger partial charge >= 0.3 is 6.03 Å². The van der Waals surface area contributed by atoms with Crippen LogP contribution in [0.2, 0.25) is 0 Å². The van der Waals surface area contributed by atoms with Crippen LogP contribution in [0.3, 0.4) is 0 Å². The van der Waals surface area contributed by atoms with Crippen molar-refractivity contribution < 1.29 is 14.3 Å². The monoisotopic (exact) mass is 245 g/mol. The average Bonchev–Trinajstić information content (AvgIpc) is 2.23. The van der Waals surface area contributed by atoms with Gasteiger partial charge in [0.05, 0.1) is 6.61 Å². The zero-order valence-corrected chi connectivity index (χ0v) is 11.0. The van der Waals surface area contributed by atoms with E-state index in [1.165, 1.54) is 0 Å². The summed E-state index contributed by atoms with van der Waals surface area (Å²) in [6.45, 7) is 9.05. The quantitative estimate of drug-likeness (QED) is 0.561. The van der Waals surface area contributed by atoms with Crippen molar-refractivity contribution in [3.8, 4) is 0 Å². The van der Waals surface area contributed by atoms with Crippen molar-refractivity contribution in [2.45, 2.75) is 39.8 Å². The third-order valence-electron chi connectivity index (χ3n) is 1.97. The number of imide groups is 1. The zero-order chi connectivity index (χ0) is 13.3. The van der Waals surface area contributed by atoms with Gasteiger partial charge in [0.2, 0.25) is 0 Å². The van der Waals surface area contributed by atoms with Crippen LogP contribution < -0.4 is 16.0 Å². The summed E-state index contributed by atoms with van der Waals surface area (Å²) in [5.41, 5.74) is 0. The maximum absolute atomic E-state index is 11.4. The van der Waals surface area contributed by atoms with E-state index in [0.717, 1.165) is 0 Å². The standard InChI is InChI=1S/C11H23N3O3/c1-5-12-11(16)14-10(15)9(4)17-7-6-13-8(2)3/h8-9,13H,5-7H2,1-4H3,(H2,12,14,15,16). The van der Waals surface area contributed by atoms with E-state index in [1.807, 2.05) is 13.8 Å². The second kappa shape index (κ2) is 8.95. The normalized spacial score (nSPS) is 12.3. The first-order valence-corrected chi connectivity index (χ1v) is 5.91. The van der Waals surface area contributed by atoms with Crippen molar-refractivity contribution in [1.82, 2.24) is 16.0 Å². The molecule has 0 saturated carbocycles. The maximum atomic E-state index is 11.4. The predicted octanol–water partition coefficient (Wildman–Crippen LogP) is 0.235. The Hall–Kier alpha value is -1.14. The van der Waals surface area contributed by atoms with Crippen LogP contribution in [0.15, 0.2) is 0 Å². The van der Waals surface area contributed by atoms with Gasteiger partial charge in [0.15, 0.2) is 0 Å². The van der Waals surface area contributed by atoms with Gasteiger partial charge in [-0.1, -0.05) is 13.8 Å². The molecule has 0 radical (unpaired) electrons. The molecule has 0 aliphatic rings. The van der Waals surface area contributed by atoms with Gasteiger partial charge in [0.25, 0.3) is 5.91 Å². The smallest absolute Gasteiger partial charge is 0.321 e. The predicted molar refractivity (Wildman–Crippen MR) is 65.8 cm³/mol. The maximum Gasteiger partial charge on any atom is 0.321 e. The molecule has 1 unspecified atom stereocenters. The fourth-order valence-electron chi connectivity index (χ4n) is 1.08. The number of carbonyl (C=O) groups is 2. The topological polar surface area (TPSA) is 79.5 Å². The minimum Gasteiger partial charge on any atom is -0.367 e. The number of carbonyl (C=O) groups excluding carboxylic acids is 2. The van der Waals surface area contributed by atoms with Gasteiger partial charge in [-0.3, -0.25) is 10.1 Å². The molecule has 3 amide bonds. The molecule has 6 nitrogen and oxygen atoms in total. The van der Waals surface area contributed by atoms with Gasteiger partial charge in [-0.05, 0) is 13.8 Å². The highest BCUT2D eigenvalue weighted by Gasteiger charge is 2.15. The third-order valence-corrected chi connectivity index (χ3v) is 1.97. The molecule has 0 spiro atoms. The van der Waals surface area contributed by atoms with E-state index < -0.39 is 18.0 Å². The molecule has 0 aliphatic carbocycles. The second-order valence-corrected chi connectivity index (χ2v) is 3.97. The van der Waals surface area contributed by atoms with Crippen LogP contribution in [0.25, 0.3) is 0 Å². The SMILES string of the molecule is CCNC(=O)NC(=O)C(C)OCCNC(C)C. The molecule has 0 bridgehead atoms. The van der Waals surface area contributed by atoms with Crippen molar-refractivity contribution in [2.24, 2.45) is 0 Å². The lowest BCUT2D eigenvalue weighted by Gasteiger charge is -2.14. The average molecular weight is 245 g/mol. The van der Waals surface area contributed by atoms with E-state index in [2.05, 4.69) is 16.0 Å². The first kappa shape index (κ1) is 15.9. The fraction of sp³-hybridized carbons (Fsp3) is 0.818. The summed E-state index contributed by atoms with van der Waals surface area (Å²) in [5, 5.41) is 7.84. The summed E-state index contributed by atoms with van der Waals surface area (Å²) in [7, 11) is 0. The van der Waals surface area contributed by atoms with Crippen molar-refractivity contribution in [1.29, 1.82) is 0 Å². The molecule has 1 atom stereocenters. The Kier molecular flexibility index (Phi) is 8.35. The molecule has 0 aromatic rings. The highest BCUT2D eigenvalue weighted by molar-refractivity contribution is 5.96. The van der Waals surface area contributed by atoms with Gasteiger partial charge in [-0.25, -0.2) is 4.79 Å². The molecule has 0 heterocycles. The molecule has 0 rings (SSSR count). The number of hydrogen-bond donors (Lipinski definition) is 3. The molecule has 17 heavy (non-hydrogen) atoms. The van der Waals surface area contributed by atoms with Gasteiger partial charge in [-0.15, -0.1) is 0 Å². The highest BCUT2D eigenvalue weighted by Crippen LogP contribution is 1.90. The number of amides is 3. The Morgan fingerprint density at radius 1 is 1.24 bits per heavy atom. The van der Waals surface area contributed by atoms with E-state index in [4.69, 9.17) is 4.74 Å². The van der Waals surface area contributed by atoms with Crippen LogP contribution in [0.1, 0.15) is 27.7 Å². The first-order valence-electron chi connectivity index (χ1n) is 5.91. The van der Waals surface area contributed by atoms with Crippen LogP contribution in [-0.2, 0) is 9.53 Å². The molecule has 100 valence electrons. The summed E-state index contributed by atoms with van der Waals surface area (Å²) in [4.78, 5) is 22.5. The van der Waals surface area contributed by atoms with Crippen LogP contribution in [0.5, 0.6) is 0 Å². The van der Waals surface area contributed by atoms with Crippen molar-refractivity contribution in [3.05, 3.63) is 0 Å². The Morgan fingerprint density at radius 2 is 1.88 bits per heavy atom. The number of ether oxygens (including phenoxy) is 1. The lowest BCUT2D eigenvalue weighted by atomic mass is 10.3. The van der Waals surface area contributed by atoms with E-state index in [1.54, 1.807) is 13.8 Å². The summed E-state index contributed by atoms with van der Waals surface area (Å²) < 4.78 is 5.28. The van der Waals surface area contributed by atoms with E-state index in [-0.39, 0.29) is 0 Å². The molecule has 0 aliphatic heterocycles. The largest absolute Gasteiger partial charge is 0.367 e. The van der Waals surface area contributed by atoms with Gasteiger partial charge in [0.1, 0.15) is 6.10 Å². The Bertz CT molecular complexity index is 244. The van der Waals surface area contributed by atoms with Crippen molar-refractivity contribution in [3.63, 3.8) is 0 Å². The number of nitrogens with one attached hydrogen (secondary N) is 3. The number of hydrogen-bond acceptors (Lipinski definition) is 4. The number of urea groups is 1. The minimum atomic E-state index is -0.633. The Balaban J connectivity index is 3.71. The van der Waals surface area contributed by atoms with Gasteiger partial charge in [0, 0.05) is 19.1 Å². The Morgan fingerprint density at radius 3 is 2.41 bits per heavy atom. The molecule has 0 fully saturated rings.